The first-order valence-corrected chi connectivity index (χ1v) is 6.56. The van der Waals surface area contributed by atoms with Gasteiger partial charge in [-0.3, -0.25) is 4.79 Å². The van der Waals surface area contributed by atoms with Crippen molar-refractivity contribution in [2.75, 3.05) is 13.2 Å². The van der Waals surface area contributed by atoms with Gasteiger partial charge in [0, 0.05) is 6.42 Å². The molecule has 1 unspecified atom stereocenters. The molecule has 21 heavy (non-hydrogen) atoms. The number of hydrogen-bond donors (Lipinski definition) is 2. The Kier molecular flexibility index (Phi) is 6.48. The summed E-state index contributed by atoms with van der Waals surface area (Å²) in [6.45, 7) is 1.48. The molecule has 0 heterocycles. The lowest BCUT2D eigenvalue weighted by molar-refractivity contribution is -0.201. The number of carbonyl (C=O) groups excluding carboxylic acids is 1. The van der Waals surface area contributed by atoms with E-state index in [1.165, 1.54) is 0 Å². The van der Waals surface area contributed by atoms with Crippen molar-refractivity contribution >= 4 is 5.91 Å². The smallest absolute Gasteiger partial charge is 0.416 e. The Morgan fingerprint density at radius 2 is 2.05 bits per heavy atom. The summed E-state index contributed by atoms with van der Waals surface area (Å²) in [7, 11) is 0. The average molecular weight is 305 g/mol. The van der Waals surface area contributed by atoms with Crippen molar-refractivity contribution < 1.29 is 27.8 Å². The molecule has 2 N–H and O–H groups in total. The molecule has 1 aromatic carbocycles. The Labute approximate surface area is 120 Å². The number of rotatable bonds is 7. The normalized spacial score (nSPS) is 12.8. The van der Waals surface area contributed by atoms with Gasteiger partial charge >= 0.3 is 6.18 Å². The number of benzene rings is 1. The Morgan fingerprint density at radius 1 is 1.38 bits per heavy atom. The summed E-state index contributed by atoms with van der Waals surface area (Å²) in [5, 5.41) is 10.8. The molecule has 0 aliphatic rings. The van der Waals surface area contributed by atoms with Crippen LogP contribution in [0.2, 0.25) is 0 Å². The largest absolute Gasteiger partial charge is 0.494 e. The highest BCUT2D eigenvalue weighted by Gasteiger charge is 2.38. The summed E-state index contributed by atoms with van der Waals surface area (Å²) in [6, 6.07) is 7.16. The van der Waals surface area contributed by atoms with Crippen LogP contribution >= 0.6 is 0 Å². The molecular weight excluding hydrogens is 287 g/mol. The molecule has 1 aromatic rings. The molecule has 0 saturated heterocycles. The molecule has 0 spiro atoms. The number of hydrogen-bond acceptors (Lipinski definition) is 3. The van der Waals surface area contributed by atoms with Crippen LogP contribution in [0.25, 0.3) is 0 Å². The number of nitrogens with one attached hydrogen (secondary N) is 1. The maximum absolute atomic E-state index is 12.1. The van der Waals surface area contributed by atoms with Gasteiger partial charge in [0.25, 0.3) is 0 Å². The second-order valence-corrected chi connectivity index (χ2v) is 4.40. The van der Waals surface area contributed by atoms with E-state index in [0.29, 0.717) is 18.8 Å². The van der Waals surface area contributed by atoms with Gasteiger partial charge in [-0.25, -0.2) is 0 Å². The lowest BCUT2D eigenvalue weighted by Crippen LogP contribution is -2.40. The van der Waals surface area contributed by atoms with Crippen LogP contribution in [-0.2, 0) is 11.2 Å². The van der Waals surface area contributed by atoms with Crippen LogP contribution in [0, 0.1) is 0 Å². The minimum atomic E-state index is -4.73. The highest BCUT2D eigenvalue weighted by molar-refractivity contribution is 5.76. The Morgan fingerprint density at radius 3 is 2.67 bits per heavy atom. The van der Waals surface area contributed by atoms with Crippen molar-refractivity contribution in [3.8, 4) is 5.75 Å². The van der Waals surface area contributed by atoms with Gasteiger partial charge in [0.15, 0.2) is 6.10 Å². The maximum atomic E-state index is 12.1. The molecule has 7 heteroatoms. The lowest BCUT2D eigenvalue weighted by atomic mass is 10.1. The van der Waals surface area contributed by atoms with Gasteiger partial charge in [-0.15, -0.1) is 0 Å². The summed E-state index contributed by atoms with van der Waals surface area (Å²) in [4.78, 5) is 11.5. The molecule has 4 nitrogen and oxygen atoms in total. The number of aliphatic hydroxyl groups excluding tert-OH is 1. The number of carbonyl (C=O) groups is 1. The molecule has 1 atom stereocenters. The van der Waals surface area contributed by atoms with E-state index < -0.39 is 24.7 Å². The second kappa shape index (κ2) is 7.87. The number of alkyl halides is 3. The SMILES string of the molecule is CCOc1ccccc1CCC(=O)NCC(O)C(F)(F)F. The fourth-order valence-corrected chi connectivity index (χ4v) is 1.67. The van der Waals surface area contributed by atoms with Gasteiger partial charge in [-0.2, -0.15) is 13.2 Å². The summed E-state index contributed by atoms with van der Waals surface area (Å²) in [6.07, 6.45) is -6.90. The summed E-state index contributed by atoms with van der Waals surface area (Å²) in [5.74, 6) is 0.104. The predicted octanol–water partition coefficient (Wildman–Crippen LogP) is 2.06. The van der Waals surface area contributed by atoms with Crippen LogP contribution < -0.4 is 10.1 Å². The zero-order valence-electron chi connectivity index (χ0n) is 11.6. The molecule has 0 aliphatic heterocycles. The molecule has 0 bridgehead atoms. The van der Waals surface area contributed by atoms with E-state index in [0.717, 1.165) is 5.56 Å². The highest BCUT2D eigenvalue weighted by Crippen LogP contribution is 2.20. The maximum Gasteiger partial charge on any atom is 0.416 e. The van der Waals surface area contributed by atoms with Gasteiger partial charge in [0.05, 0.1) is 13.2 Å². The van der Waals surface area contributed by atoms with Gasteiger partial charge in [-0.05, 0) is 25.0 Å². The third kappa shape index (κ3) is 6.03. The van der Waals surface area contributed by atoms with E-state index >= 15 is 0 Å². The van der Waals surface area contributed by atoms with E-state index in [1.54, 1.807) is 24.3 Å². The van der Waals surface area contributed by atoms with Crippen LogP contribution in [-0.4, -0.2) is 36.4 Å². The van der Waals surface area contributed by atoms with Crippen molar-refractivity contribution in [2.45, 2.75) is 32.0 Å². The number of aliphatic hydroxyl groups is 1. The monoisotopic (exact) mass is 305 g/mol. The molecular formula is C14H18F3NO3. The number of halogens is 3. The summed E-state index contributed by atoms with van der Waals surface area (Å²) < 4.78 is 41.6. The minimum Gasteiger partial charge on any atom is -0.494 e. The number of para-hydroxylation sites is 1. The molecule has 0 aromatic heterocycles. The van der Waals surface area contributed by atoms with E-state index in [-0.39, 0.29) is 6.42 Å². The van der Waals surface area contributed by atoms with Crippen molar-refractivity contribution in [3.63, 3.8) is 0 Å². The van der Waals surface area contributed by atoms with Gasteiger partial charge < -0.3 is 15.2 Å². The van der Waals surface area contributed by atoms with E-state index in [1.807, 2.05) is 6.92 Å². The fourth-order valence-electron chi connectivity index (χ4n) is 1.67. The fraction of sp³-hybridized carbons (Fsp3) is 0.500. The Bertz CT molecular complexity index is 463. The standard InChI is InChI=1S/C14H18F3NO3/c1-2-21-11-6-4-3-5-10(11)7-8-13(20)18-9-12(19)14(15,16)17/h3-6,12,19H,2,7-9H2,1H3,(H,18,20). The number of amides is 1. The van der Waals surface area contributed by atoms with Gasteiger partial charge in [0.1, 0.15) is 5.75 Å². The molecule has 1 amide bonds. The third-order valence-electron chi connectivity index (χ3n) is 2.76. The van der Waals surface area contributed by atoms with Crippen LogP contribution in [0.15, 0.2) is 24.3 Å². The van der Waals surface area contributed by atoms with E-state index in [2.05, 4.69) is 5.32 Å². The molecule has 118 valence electrons. The van der Waals surface area contributed by atoms with Gasteiger partial charge in [0.2, 0.25) is 5.91 Å². The number of ether oxygens (including phenoxy) is 1. The lowest BCUT2D eigenvalue weighted by Gasteiger charge is -2.15. The van der Waals surface area contributed by atoms with Crippen LogP contribution in [0.1, 0.15) is 18.9 Å². The first-order chi connectivity index (χ1) is 9.84. The zero-order chi connectivity index (χ0) is 15.9. The second-order valence-electron chi connectivity index (χ2n) is 4.40. The van der Waals surface area contributed by atoms with E-state index in [4.69, 9.17) is 9.84 Å². The topological polar surface area (TPSA) is 58.6 Å². The highest BCUT2D eigenvalue weighted by atomic mass is 19.4. The zero-order valence-corrected chi connectivity index (χ0v) is 11.6. The van der Waals surface area contributed by atoms with E-state index in [9.17, 15) is 18.0 Å². The van der Waals surface area contributed by atoms with Crippen molar-refractivity contribution in [1.29, 1.82) is 0 Å². The van der Waals surface area contributed by atoms with Crippen LogP contribution in [0.3, 0.4) is 0 Å². The van der Waals surface area contributed by atoms with Crippen LogP contribution in [0.4, 0.5) is 13.2 Å². The first kappa shape index (κ1) is 17.3. The molecule has 0 radical (unpaired) electrons. The summed E-state index contributed by atoms with van der Waals surface area (Å²) >= 11 is 0. The quantitative estimate of drug-likeness (QED) is 0.810. The Balaban J connectivity index is 2.43. The summed E-state index contributed by atoms with van der Waals surface area (Å²) in [5.41, 5.74) is 0.811. The van der Waals surface area contributed by atoms with Crippen molar-refractivity contribution in [2.24, 2.45) is 0 Å². The molecule has 1 rings (SSSR count). The molecule has 0 fully saturated rings. The number of aryl methyl sites for hydroxylation is 1. The Hall–Kier alpha value is -1.76. The average Bonchev–Trinajstić information content (AvgIpc) is 2.43. The van der Waals surface area contributed by atoms with Crippen LogP contribution in [0.5, 0.6) is 5.75 Å². The van der Waals surface area contributed by atoms with Crippen molar-refractivity contribution in [1.82, 2.24) is 5.32 Å². The first-order valence-electron chi connectivity index (χ1n) is 6.56. The minimum absolute atomic E-state index is 0.0225. The van der Waals surface area contributed by atoms with Crippen molar-refractivity contribution in [3.05, 3.63) is 29.8 Å². The molecule has 0 saturated carbocycles. The van der Waals surface area contributed by atoms with Gasteiger partial charge in [-0.1, -0.05) is 18.2 Å². The molecule has 0 aliphatic carbocycles. The third-order valence-corrected chi connectivity index (χ3v) is 2.76. The predicted molar refractivity (Wildman–Crippen MR) is 71.0 cm³/mol.